The fraction of sp³-hybridized carbons (Fsp3) is 0.846. The lowest BCUT2D eigenvalue weighted by Gasteiger charge is -2.34. The molecule has 18 heavy (non-hydrogen) atoms. The summed E-state index contributed by atoms with van der Waals surface area (Å²) in [6.45, 7) is 2.17. The smallest absolute Gasteiger partial charge is 0.321 e. The highest BCUT2D eigenvalue weighted by Gasteiger charge is 2.59. The lowest BCUT2D eigenvalue weighted by atomic mass is 9.93. The predicted molar refractivity (Wildman–Crippen MR) is 66.7 cm³/mol. The van der Waals surface area contributed by atoms with Crippen molar-refractivity contribution >= 4 is 11.9 Å². The van der Waals surface area contributed by atoms with Gasteiger partial charge in [-0.05, 0) is 44.6 Å². The molecule has 1 heterocycles. The summed E-state index contributed by atoms with van der Waals surface area (Å²) in [5.74, 6) is 0.0886. The maximum absolute atomic E-state index is 12.4. The van der Waals surface area contributed by atoms with Crippen LogP contribution in [0.3, 0.4) is 0 Å². The van der Waals surface area contributed by atoms with Gasteiger partial charge >= 0.3 is 5.97 Å². The number of hydrogen-bond donors (Lipinski definition) is 1. The topological polar surface area (TPSA) is 72.6 Å². The number of carbonyl (C=O) groups excluding carboxylic acids is 2. The summed E-state index contributed by atoms with van der Waals surface area (Å²) in [5, 5.41) is 0. The summed E-state index contributed by atoms with van der Waals surface area (Å²) in [6.07, 6.45) is 4.36. The second kappa shape index (κ2) is 5.26. The molecule has 1 aliphatic carbocycles. The third-order valence-corrected chi connectivity index (χ3v) is 4.12. The number of amides is 1. The van der Waals surface area contributed by atoms with Gasteiger partial charge in [-0.3, -0.25) is 9.59 Å². The molecule has 5 nitrogen and oxygen atoms in total. The van der Waals surface area contributed by atoms with Crippen molar-refractivity contribution in [3.05, 3.63) is 0 Å². The average Bonchev–Trinajstić information content (AvgIpc) is 3.19. The minimum absolute atomic E-state index is 0.0314. The summed E-state index contributed by atoms with van der Waals surface area (Å²) in [6, 6.07) is 0. The molecular weight excluding hydrogens is 232 g/mol. The molecule has 0 aromatic heterocycles. The van der Waals surface area contributed by atoms with Crippen LogP contribution in [0, 0.1) is 11.3 Å². The van der Waals surface area contributed by atoms with Gasteiger partial charge in [0.2, 0.25) is 5.91 Å². The van der Waals surface area contributed by atoms with Crippen molar-refractivity contribution in [2.24, 2.45) is 17.1 Å². The largest absolute Gasteiger partial charge is 0.468 e. The summed E-state index contributed by atoms with van der Waals surface area (Å²) < 4.78 is 4.76. The van der Waals surface area contributed by atoms with Crippen molar-refractivity contribution in [3.63, 3.8) is 0 Å². The third kappa shape index (κ3) is 2.36. The molecule has 0 spiro atoms. The van der Waals surface area contributed by atoms with Gasteiger partial charge < -0.3 is 15.4 Å². The van der Waals surface area contributed by atoms with E-state index in [1.807, 2.05) is 4.90 Å². The zero-order chi connectivity index (χ0) is 13.2. The second-order valence-electron chi connectivity index (χ2n) is 5.41. The predicted octanol–water partition coefficient (Wildman–Crippen LogP) is 0.527. The van der Waals surface area contributed by atoms with E-state index < -0.39 is 5.41 Å². The fourth-order valence-corrected chi connectivity index (χ4v) is 2.85. The quantitative estimate of drug-likeness (QED) is 0.586. The Morgan fingerprint density at radius 3 is 2.72 bits per heavy atom. The Labute approximate surface area is 108 Å². The number of methoxy groups -OCH3 is 1. The Morgan fingerprint density at radius 1 is 1.44 bits per heavy atom. The van der Waals surface area contributed by atoms with Crippen molar-refractivity contribution in [2.75, 3.05) is 26.7 Å². The molecule has 2 rings (SSSR count). The van der Waals surface area contributed by atoms with Gasteiger partial charge in [-0.2, -0.15) is 0 Å². The molecule has 1 amide bonds. The van der Waals surface area contributed by atoms with Crippen LogP contribution in [0.2, 0.25) is 0 Å². The number of esters is 1. The number of likely N-dealkylation sites (tertiary alicyclic amines) is 1. The fourth-order valence-electron chi connectivity index (χ4n) is 2.85. The summed E-state index contributed by atoms with van der Waals surface area (Å²) >= 11 is 0. The van der Waals surface area contributed by atoms with Gasteiger partial charge in [0, 0.05) is 13.1 Å². The molecule has 2 N–H and O–H groups in total. The normalized spacial score (nSPS) is 25.7. The third-order valence-electron chi connectivity index (χ3n) is 4.12. The number of nitrogens with zero attached hydrogens (tertiary/aromatic N) is 1. The molecule has 1 saturated carbocycles. The highest BCUT2D eigenvalue weighted by atomic mass is 16.5. The van der Waals surface area contributed by atoms with Crippen LogP contribution in [0.25, 0.3) is 0 Å². The van der Waals surface area contributed by atoms with Crippen LogP contribution < -0.4 is 5.73 Å². The van der Waals surface area contributed by atoms with Crippen molar-refractivity contribution in [1.82, 2.24) is 4.90 Å². The Hall–Kier alpha value is -1.10. The van der Waals surface area contributed by atoms with Crippen molar-refractivity contribution < 1.29 is 14.3 Å². The van der Waals surface area contributed by atoms with Crippen LogP contribution >= 0.6 is 0 Å². The Morgan fingerprint density at radius 2 is 2.17 bits per heavy atom. The Balaban J connectivity index is 1.99. The van der Waals surface area contributed by atoms with Crippen LogP contribution in [0.5, 0.6) is 0 Å². The number of nitrogens with two attached hydrogens (primary N) is 1. The molecule has 0 radical (unpaired) electrons. The van der Waals surface area contributed by atoms with Crippen molar-refractivity contribution in [3.8, 4) is 0 Å². The molecule has 2 fully saturated rings. The molecule has 5 heteroatoms. The first-order chi connectivity index (χ1) is 8.64. The van der Waals surface area contributed by atoms with Gasteiger partial charge in [0.1, 0.15) is 5.41 Å². The highest BCUT2D eigenvalue weighted by molar-refractivity contribution is 6.05. The van der Waals surface area contributed by atoms with E-state index in [-0.39, 0.29) is 11.9 Å². The highest BCUT2D eigenvalue weighted by Crippen LogP contribution is 2.48. The Kier molecular flexibility index (Phi) is 3.90. The number of hydrogen-bond acceptors (Lipinski definition) is 4. The number of rotatable bonds is 4. The SMILES string of the molecule is COC(=O)C1(C(=O)N2CCCC(CCN)C2)CC1. The van der Waals surface area contributed by atoms with Crippen LogP contribution in [0.15, 0.2) is 0 Å². The maximum atomic E-state index is 12.4. The molecule has 2 aliphatic rings. The van der Waals surface area contributed by atoms with Crippen molar-refractivity contribution in [1.29, 1.82) is 0 Å². The van der Waals surface area contributed by atoms with Gasteiger partial charge in [0.25, 0.3) is 0 Å². The lowest BCUT2D eigenvalue weighted by Crippen LogP contribution is -2.46. The Bertz CT molecular complexity index is 337. The zero-order valence-electron chi connectivity index (χ0n) is 11.0. The first-order valence-corrected chi connectivity index (χ1v) is 6.72. The van der Waals surface area contributed by atoms with Gasteiger partial charge in [-0.25, -0.2) is 0 Å². The maximum Gasteiger partial charge on any atom is 0.321 e. The van der Waals surface area contributed by atoms with Crippen LogP contribution in [0.1, 0.15) is 32.1 Å². The molecule has 0 aromatic carbocycles. The minimum atomic E-state index is -0.848. The molecule has 1 atom stereocenters. The van der Waals surface area contributed by atoms with E-state index in [0.717, 1.165) is 32.4 Å². The first-order valence-electron chi connectivity index (χ1n) is 6.72. The number of carbonyl (C=O) groups is 2. The van der Waals surface area contributed by atoms with E-state index in [2.05, 4.69) is 0 Å². The van der Waals surface area contributed by atoms with Gasteiger partial charge in [-0.15, -0.1) is 0 Å². The lowest BCUT2D eigenvalue weighted by molar-refractivity contribution is -0.156. The van der Waals surface area contributed by atoms with Gasteiger partial charge in [0.05, 0.1) is 7.11 Å². The molecule has 102 valence electrons. The van der Waals surface area contributed by atoms with E-state index in [9.17, 15) is 9.59 Å². The van der Waals surface area contributed by atoms with Crippen LogP contribution in [-0.4, -0.2) is 43.5 Å². The molecule has 1 aliphatic heterocycles. The number of piperidine rings is 1. The van der Waals surface area contributed by atoms with Gasteiger partial charge in [-0.1, -0.05) is 0 Å². The minimum Gasteiger partial charge on any atom is -0.468 e. The monoisotopic (exact) mass is 254 g/mol. The molecule has 0 aromatic rings. The second-order valence-corrected chi connectivity index (χ2v) is 5.41. The summed E-state index contributed by atoms with van der Waals surface area (Å²) in [5.41, 5.74) is 4.72. The molecule has 1 saturated heterocycles. The standard InChI is InChI=1S/C13H22N2O3/c1-18-12(17)13(5-6-13)11(16)15-8-2-3-10(9-15)4-7-14/h10H,2-9,14H2,1H3. The summed E-state index contributed by atoms with van der Waals surface area (Å²) in [7, 11) is 1.35. The molecule has 0 bridgehead atoms. The first kappa shape index (κ1) is 13.3. The average molecular weight is 254 g/mol. The van der Waals surface area contributed by atoms with E-state index in [0.29, 0.717) is 25.3 Å². The summed E-state index contributed by atoms with van der Waals surface area (Å²) in [4.78, 5) is 26.0. The molecular formula is C13H22N2O3. The van der Waals surface area contributed by atoms with Crippen LogP contribution in [-0.2, 0) is 14.3 Å². The number of ether oxygens (including phenoxy) is 1. The van der Waals surface area contributed by atoms with E-state index in [4.69, 9.17) is 10.5 Å². The van der Waals surface area contributed by atoms with E-state index in [1.54, 1.807) is 0 Å². The van der Waals surface area contributed by atoms with Crippen molar-refractivity contribution in [2.45, 2.75) is 32.1 Å². The molecule has 1 unspecified atom stereocenters. The van der Waals surface area contributed by atoms with E-state index >= 15 is 0 Å². The zero-order valence-corrected chi connectivity index (χ0v) is 11.0. The van der Waals surface area contributed by atoms with E-state index in [1.165, 1.54) is 7.11 Å². The van der Waals surface area contributed by atoms with Crippen LogP contribution in [0.4, 0.5) is 0 Å². The van der Waals surface area contributed by atoms with Gasteiger partial charge in [0.15, 0.2) is 0 Å².